The monoisotopic (exact) mass is 729 g/mol. The molecule has 1 nitrogen and oxygen atoms in total. The molecule has 12 rings (SSSR count). The predicted octanol–water partition coefficient (Wildman–Crippen LogP) is 15.3. The fourth-order valence-electron chi connectivity index (χ4n) is 12.9. The van der Waals surface area contributed by atoms with Crippen molar-refractivity contribution >= 4 is 17.1 Å². The van der Waals surface area contributed by atoms with Crippen molar-refractivity contribution < 1.29 is 0 Å². The minimum Gasteiger partial charge on any atom is -0.310 e. The summed E-state index contributed by atoms with van der Waals surface area (Å²) in [5.74, 6) is 3.55. The molecule has 0 aromatic heterocycles. The Morgan fingerprint density at radius 2 is 1.07 bits per heavy atom. The van der Waals surface area contributed by atoms with Gasteiger partial charge in [0.05, 0.1) is 0 Å². The summed E-state index contributed by atoms with van der Waals surface area (Å²) in [6.45, 7) is 4.86. The highest BCUT2D eigenvalue weighted by Gasteiger charge is 2.51. The van der Waals surface area contributed by atoms with Gasteiger partial charge in [0, 0.05) is 22.5 Å². The van der Waals surface area contributed by atoms with E-state index in [4.69, 9.17) is 0 Å². The van der Waals surface area contributed by atoms with Gasteiger partial charge in [-0.15, -0.1) is 0 Å². The maximum Gasteiger partial charge on any atom is 0.0465 e. The van der Waals surface area contributed by atoms with E-state index in [1.807, 2.05) is 0 Å². The summed E-state index contributed by atoms with van der Waals surface area (Å²) in [5.41, 5.74) is 17.8. The number of rotatable bonds is 7. The van der Waals surface area contributed by atoms with Gasteiger partial charge in [-0.25, -0.2) is 0 Å². The molecule has 6 aromatic rings. The van der Waals surface area contributed by atoms with Gasteiger partial charge in [-0.05, 0) is 172 Å². The van der Waals surface area contributed by atoms with E-state index in [1.165, 1.54) is 138 Å². The first-order valence-corrected chi connectivity index (χ1v) is 21.9. The molecular weight excluding hydrogens is 675 g/mol. The zero-order valence-corrected chi connectivity index (χ0v) is 33.3. The van der Waals surface area contributed by atoms with E-state index in [2.05, 4.69) is 158 Å². The minimum atomic E-state index is -0.142. The Hall–Kier alpha value is -4.88. The Kier molecular flexibility index (Phi) is 8.20. The first kappa shape index (κ1) is 34.4. The van der Waals surface area contributed by atoms with E-state index >= 15 is 0 Å². The van der Waals surface area contributed by atoms with Crippen molar-refractivity contribution in [2.45, 2.75) is 101 Å². The standard InChI is InChI=1S/C55H55N/c1-54(2)51-19-11-18-49(48-17-10-9-16-47(48)42-14-7-4-8-15-42)53(51)50-29-28-46(33-52(50)54)56(44-24-20-41(21-25-44)40-12-5-3-6-13-40)45-26-22-43(23-27-45)55-34-37-30-38(35-55)32-39(31-37)36-55/h4,7-11,14-29,33,37-40H,3,5-6,12-13,30-32,34-36H2,1-2H3. The van der Waals surface area contributed by atoms with Crippen molar-refractivity contribution in [1.82, 2.24) is 0 Å². The number of anilines is 3. The van der Waals surface area contributed by atoms with Crippen LogP contribution in [0.3, 0.4) is 0 Å². The molecule has 6 aliphatic carbocycles. The van der Waals surface area contributed by atoms with E-state index in [0.29, 0.717) is 11.3 Å². The second kappa shape index (κ2) is 13.4. The maximum absolute atomic E-state index is 2.54. The first-order valence-electron chi connectivity index (χ1n) is 21.9. The highest BCUT2D eigenvalue weighted by Crippen LogP contribution is 2.61. The van der Waals surface area contributed by atoms with Crippen molar-refractivity contribution in [3.05, 3.63) is 162 Å². The predicted molar refractivity (Wildman–Crippen MR) is 235 cm³/mol. The first-order chi connectivity index (χ1) is 27.4. The molecule has 5 fully saturated rings. The van der Waals surface area contributed by atoms with Gasteiger partial charge in [0.25, 0.3) is 0 Å². The van der Waals surface area contributed by atoms with Crippen molar-refractivity contribution in [2.24, 2.45) is 17.8 Å². The summed E-state index contributed by atoms with van der Waals surface area (Å²) in [7, 11) is 0. The second-order valence-corrected chi connectivity index (χ2v) is 19.0. The number of hydrogen-bond donors (Lipinski definition) is 0. The second-order valence-electron chi connectivity index (χ2n) is 19.0. The van der Waals surface area contributed by atoms with Crippen molar-refractivity contribution in [2.75, 3.05) is 4.90 Å². The Labute approximate surface area is 334 Å². The van der Waals surface area contributed by atoms with Gasteiger partial charge >= 0.3 is 0 Å². The lowest BCUT2D eigenvalue weighted by atomic mass is 9.48. The molecule has 280 valence electrons. The largest absolute Gasteiger partial charge is 0.310 e. The molecule has 0 aliphatic heterocycles. The molecule has 0 radical (unpaired) electrons. The van der Waals surface area contributed by atoms with E-state index < -0.39 is 0 Å². The lowest BCUT2D eigenvalue weighted by Gasteiger charge is -2.57. The average Bonchev–Trinajstić information content (AvgIpc) is 3.47. The zero-order chi connectivity index (χ0) is 37.4. The third-order valence-corrected chi connectivity index (χ3v) is 15.2. The zero-order valence-electron chi connectivity index (χ0n) is 33.3. The molecule has 0 amide bonds. The molecule has 6 aliphatic rings. The van der Waals surface area contributed by atoms with Crippen molar-refractivity contribution in [1.29, 1.82) is 0 Å². The third-order valence-electron chi connectivity index (χ3n) is 15.2. The van der Waals surface area contributed by atoms with Gasteiger partial charge < -0.3 is 4.90 Å². The van der Waals surface area contributed by atoms with Gasteiger partial charge in [0.15, 0.2) is 0 Å². The van der Waals surface area contributed by atoms with Crippen LogP contribution in [0.1, 0.15) is 113 Å². The summed E-state index contributed by atoms with van der Waals surface area (Å²) in [5, 5.41) is 0. The van der Waals surface area contributed by atoms with Crippen LogP contribution in [0.5, 0.6) is 0 Å². The van der Waals surface area contributed by atoms with Gasteiger partial charge in [-0.2, -0.15) is 0 Å². The summed E-state index contributed by atoms with van der Waals surface area (Å²) >= 11 is 0. The molecule has 4 bridgehead atoms. The van der Waals surface area contributed by atoms with Crippen LogP contribution in [-0.2, 0) is 10.8 Å². The van der Waals surface area contributed by atoms with Gasteiger partial charge in [0.1, 0.15) is 0 Å². The highest BCUT2D eigenvalue weighted by molar-refractivity contribution is 5.97. The van der Waals surface area contributed by atoms with E-state index in [0.717, 1.165) is 17.8 Å². The van der Waals surface area contributed by atoms with Crippen LogP contribution in [-0.4, -0.2) is 0 Å². The smallest absolute Gasteiger partial charge is 0.0465 e. The quantitative estimate of drug-likeness (QED) is 0.158. The lowest BCUT2D eigenvalue weighted by Crippen LogP contribution is -2.48. The van der Waals surface area contributed by atoms with Crippen LogP contribution in [0, 0.1) is 17.8 Å². The molecule has 56 heavy (non-hydrogen) atoms. The van der Waals surface area contributed by atoms with Gasteiger partial charge in [0.2, 0.25) is 0 Å². The van der Waals surface area contributed by atoms with Crippen LogP contribution < -0.4 is 4.90 Å². The van der Waals surface area contributed by atoms with E-state index in [1.54, 1.807) is 5.56 Å². The van der Waals surface area contributed by atoms with Crippen LogP contribution in [0.25, 0.3) is 33.4 Å². The molecule has 0 spiro atoms. The Morgan fingerprint density at radius 3 is 1.75 bits per heavy atom. The molecule has 0 atom stereocenters. The maximum atomic E-state index is 2.54. The van der Waals surface area contributed by atoms with Crippen molar-refractivity contribution in [3.63, 3.8) is 0 Å². The summed E-state index contributed by atoms with van der Waals surface area (Å²) in [4.78, 5) is 2.54. The molecule has 0 heterocycles. The van der Waals surface area contributed by atoms with Gasteiger partial charge in [-0.1, -0.05) is 136 Å². The number of nitrogens with zero attached hydrogens (tertiary/aromatic N) is 1. The van der Waals surface area contributed by atoms with Crippen LogP contribution in [0.2, 0.25) is 0 Å². The Morgan fingerprint density at radius 1 is 0.482 bits per heavy atom. The minimum absolute atomic E-state index is 0.142. The number of hydrogen-bond acceptors (Lipinski definition) is 1. The number of benzene rings is 6. The van der Waals surface area contributed by atoms with Crippen molar-refractivity contribution in [3.8, 4) is 33.4 Å². The van der Waals surface area contributed by atoms with E-state index in [9.17, 15) is 0 Å². The molecule has 0 N–H and O–H groups in total. The fourth-order valence-corrected chi connectivity index (χ4v) is 12.9. The number of fused-ring (bicyclic) bond motifs is 3. The SMILES string of the molecule is CC1(C)c2cc(N(c3ccc(C4CCCCC4)cc3)c3ccc(C45CC6CC(CC(C6)C4)C5)cc3)ccc2-c2c(-c3ccccc3-c3ccccc3)cccc21. The van der Waals surface area contributed by atoms with Crippen LogP contribution in [0.4, 0.5) is 17.1 Å². The highest BCUT2D eigenvalue weighted by atomic mass is 15.1. The normalized spacial score (nSPS) is 24.5. The Bertz CT molecular complexity index is 2360. The topological polar surface area (TPSA) is 3.24 Å². The molecule has 6 aromatic carbocycles. The lowest BCUT2D eigenvalue weighted by molar-refractivity contribution is -0.00518. The van der Waals surface area contributed by atoms with E-state index in [-0.39, 0.29) is 5.41 Å². The molecular formula is C55H55N. The van der Waals surface area contributed by atoms with Gasteiger partial charge in [-0.3, -0.25) is 0 Å². The molecule has 0 saturated heterocycles. The summed E-state index contributed by atoms with van der Waals surface area (Å²) < 4.78 is 0. The summed E-state index contributed by atoms with van der Waals surface area (Å²) in [6.07, 6.45) is 15.4. The Balaban J connectivity index is 1.01. The van der Waals surface area contributed by atoms with Crippen LogP contribution >= 0.6 is 0 Å². The summed E-state index contributed by atoms with van der Waals surface area (Å²) in [6, 6.07) is 53.8. The van der Waals surface area contributed by atoms with Crippen LogP contribution in [0.15, 0.2) is 140 Å². The third kappa shape index (κ3) is 5.63. The molecule has 0 unspecified atom stereocenters. The average molecular weight is 730 g/mol. The fraction of sp³-hybridized carbons (Fsp3) is 0.345. The molecule has 5 saturated carbocycles. The molecule has 1 heteroatoms.